The average Bonchev–Trinajstić information content (AvgIpc) is 2.83. The zero-order chi connectivity index (χ0) is 14.8. The Bertz CT molecular complexity index is 493. The Hall–Kier alpha value is -1.13. The van der Waals surface area contributed by atoms with Crippen LogP contribution in [0.3, 0.4) is 0 Å². The molecule has 1 N–H and O–H groups in total. The number of pyridine rings is 1. The van der Waals surface area contributed by atoms with Crippen molar-refractivity contribution in [2.75, 3.05) is 6.54 Å². The summed E-state index contributed by atoms with van der Waals surface area (Å²) in [5, 5.41) is 4.20. The second kappa shape index (κ2) is 6.32. The highest BCUT2D eigenvalue weighted by Crippen LogP contribution is 2.30. The lowest BCUT2D eigenvalue weighted by atomic mass is 9.97. The highest BCUT2D eigenvalue weighted by atomic mass is 35.5. The van der Waals surface area contributed by atoms with E-state index in [0.29, 0.717) is 28.8 Å². The van der Waals surface area contributed by atoms with Crippen LogP contribution in [-0.4, -0.2) is 40.5 Å². The van der Waals surface area contributed by atoms with Gasteiger partial charge in [-0.25, -0.2) is 4.98 Å². The minimum atomic E-state index is 0.0415. The van der Waals surface area contributed by atoms with Gasteiger partial charge in [0.1, 0.15) is 5.69 Å². The van der Waals surface area contributed by atoms with E-state index in [1.807, 2.05) is 4.90 Å². The Morgan fingerprint density at radius 1 is 1.38 bits per heavy atom. The van der Waals surface area contributed by atoms with E-state index in [0.717, 1.165) is 25.8 Å². The fraction of sp³-hybridized carbons (Fsp3) is 0.625. The summed E-state index contributed by atoms with van der Waals surface area (Å²) in [5.74, 6) is 0.0415. The number of aromatic nitrogens is 1. The summed E-state index contributed by atoms with van der Waals surface area (Å²) in [7, 11) is 0. The minimum absolute atomic E-state index is 0.0415. The molecule has 2 fully saturated rings. The number of amides is 1. The van der Waals surface area contributed by atoms with Crippen LogP contribution in [0, 0.1) is 0 Å². The second-order valence-corrected chi connectivity index (χ2v) is 6.56. The lowest BCUT2D eigenvalue weighted by Gasteiger charge is -2.37. The maximum atomic E-state index is 12.8. The number of halogens is 1. The fourth-order valence-corrected chi connectivity index (χ4v) is 3.73. The summed E-state index contributed by atoms with van der Waals surface area (Å²) in [5.41, 5.74) is 0.499. The molecule has 2 aliphatic rings. The Kier molecular flexibility index (Phi) is 4.45. The molecule has 5 heteroatoms. The lowest BCUT2D eigenvalue weighted by molar-refractivity contribution is 0.0611. The molecule has 2 saturated heterocycles. The van der Waals surface area contributed by atoms with Gasteiger partial charge in [0.25, 0.3) is 5.91 Å². The van der Waals surface area contributed by atoms with Crippen LogP contribution in [0.4, 0.5) is 0 Å². The molecular weight excluding hydrogens is 286 g/mol. The molecule has 0 aromatic carbocycles. The van der Waals surface area contributed by atoms with Crippen molar-refractivity contribution in [3.63, 3.8) is 0 Å². The van der Waals surface area contributed by atoms with Gasteiger partial charge in [0.15, 0.2) is 0 Å². The largest absolute Gasteiger partial charge is 0.334 e. The molecule has 1 amide bonds. The maximum Gasteiger partial charge on any atom is 0.272 e. The summed E-state index contributed by atoms with van der Waals surface area (Å²) in [4.78, 5) is 19.0. The zero-order valence-electron chi connectivity index (χ0n) is 12.4. The Morgan fingerprint density at radius 3 is 2.67 bits per heavy atom. The molecular formula is C16H22ClN3O. The van der Waals surface area contributed by atoms with Crippen molar-refractivity contribution in [3.8, 4) is 0 Å². The van der Waals surface area contributed by atoms with E-state index in [1.54, 1.807) is 18.3 Å². The molecule has 3 rings (SSSR count). The number of carbonyl (C=O) groups is 1. The highest BCUT2D eigenvalue weighted by Gasteiger charge is 2.37. The second-order valence-electron chi connectivity index (χ2n) is 6.12. The van der Waals surface area contributed by atoms with E-state index < -0.39 is 0 Å². The van der Waals surface area contributed by atoms with Crippen LogP contribution in [0.1, 0.15) is 49.5 Å². The van der Waals surface area contributed by atoms with Crippen molar-refractivity contribution in [2.24, 2.45) is 0 Å². The van der Waals surface area contributed by atoms with Gasteiger partial charge < -0.3 is 10.2 Å². The number of carbonyl (C=O) groups excluding carboxylic acids is 1. The molecule has 4 nitrogen and oxygen atoms in total. The Balaban J connectivity index is 1.77. The van der Waals surface area contributed by atoms with Crippen LogP contribution < -0.4 is 5.32 Å². The molecule has 21 heavy (non-hydrogen) atoms. The number of nitrogens with zero attached hydrogens (tertiary/aromatic N) is 2. The minimum Gasteiger partial charge on any atom is -0.334 e. The first-order valence-corrected chi connectivity index (χ1v) is 8.23. The van der Waals surface area contributed by atoms with E-state index in [-0.39, 0.29) is 5.91 Å². The highest BCUT2D eigenvalue weighted by molar-refractivity contribution is 6.30. The van der Waals surface area contributed by atoms with Crippen molar-refractivity contribution in [3.05, 3.63) is 29.0 Å². The van der Waals surface area contributed by atoms with Gasteiger partial charge in [0, 0.05) is 30.9 Å². The summed E-state index contributed by atoms with van der Waals surface area (Å²) in [6.07, 6.45) is 7.14. The van der Waals surface area contributed by atoms with Gasteiger partial charge in [-0.2, -0.15) is 0 Å². The molecule has 3 heterocycles. The number of hydrogen-bond acceptors (Lipinski definition) is 3. The van der Waals surface area contributed by atoms with E-state index >= 15 is 0 Å². The molecule has 0 saturated carbocycles. The van der Waals surface area contributed by atoms with Gasteiger partial charge in [-0.05, 0) is 44.2 Å². The topological polar surface area (TPSA) is 45.2 Å². The number of nitrogens with one attached hydrogen (secondary N) is 1. The van der Waals surface area contributed by atoms with E-state index in [4.69, 9.17) is 11.6 Å². The fourth-order valence-electron chi connectivity index (χ4n) is 3.62. The van der Waals surface area contributed by atoms with Crippen LogP contribution in [-0.2, 0) is 0 Å². The third-order valence-corrected chi connectivity index (χ3v) is 4.78. The normalized spacial score (nSPS) is 27.6. The quantitative estimate of drug-likeness (QED) is 0.930. The Labute approximate surface area is 130 Å². The van der Waals surface area contributed by atoms with Crippen LogP contribution in [0.25, 0.3) is 0 Å². The van der Waals surface area contributed by atoms with Crippen molar-refractivity contribution < 1.29 is 4.79 Å². The van der Waals surface area contributed by atoms with Gasteiger partial charge >= 0.3 is 0 Å². The summed E-state index contributed by atoms with van der Waals surface area (Å²) >= 11 is 5.86. The van der Waals surface area contributed by atoms with E-state index in [2.05, 4.69) is 17.2 Å². The molecule has 0 aliphatic carbocycles. The lowest BCUT2D eigenvalue weighted by Crippen LogP contribution is -2.50. The van der Waals surface area contributed by atoms with Crippen LogP contribution in [0.15, 0.2) is 18.3 Å². The third-order valence-electron chi connectivity index (χ3n) is 4.56. The van der Waals surface area contributed by atoms with Gasteiger partial charge in [0.2, 0.25) is 0 Å². The SMILES string of the molecule is CCCN(C(=O)c1ccc(Cl)cn1)C1CC2CCC(C1)N2. The zero-order valence-corrected chi connectivity index (χ0v) is 13.1. The van der Waals surface area contributed by atoms with Crippen molar-refractivity contribution in [2.45, 2.75) is 57.2 Å². The monoisotopic (exact) mass is 307 g/mol. The molecule has 114 valence electrons. The van der Waals surface area contributed by atoms with Gasteiger partial charge in [-0.1, -0.05) is 18.5 Å². The summed E-state index contributed by atoms with van der Waals surface area (Å²) < 4.78 is 0. The number of piperidine rings is 1. The predicted octanol–water partition coefficient (Wildman–Crippen LogP) is 2.87. The first-order valence-electron chi connectivity index (χ1n) is 7.86. The van der Waals surface area contributed by atoms with Crippen LogP contribution >= 0.6 is 11.6 Å². The molecule has 2 unspecified atom stereocenters. The van der Waals surface area contributed by atoms with Crippen molar-refractivity contribution in [1.29, 1.82) is 0 Å². The number of fused-ring (bicyclic) bond motifs is 2. The average molecular weight is 308 g/mol. The maximum absolute atomic E-state index is 12.8. The third kappa shape index (κ3) is 3.22. The molecule has 1 aromatic heterocycles. The summed E-state index contributed by atoms with van der Waals surface area (Å²) in [6, 6.07) is 4.97. The Morgan fingerprint density at radius 2 is 2.10 bits per heavy atom. The standard InChI is InChI=1S/C16H22ClN3O/c1-2-7-20(14-8-12-4-5-13(9-14)19-12)16(21)15-6-3-11(17)10-18-15/h3,6,10,12-14,19H,2,4-5,7-9H2,1H3. The number of rotatable bonds is 4. The first kappa shape index (κ1) is 14.8. The molecule has 1 aromatic rings. The van der Waals surface area contributed by atoms with E-state index in [1.165, 1.54) is 12.8 Å². The van der Waals surface area contributed by atoms with E-state index in [9.17, 15) is 4.79 Å². The molecule has 0 spiro atoms. The van der Waals surface area contributed by atoms with Gasteiger partial charge in [-0.15, -0.1) is 0 Å². The molecule has 2 atom stereocenters. The molecule has 2 aliphatic heterocycles. The van der Waals surface area contributed by atoms with Crippen molar-refractivity contribution >= 4 is 17.5 Å². The smallest absolute Gasteiger partial charge is 0.272 e. The number of hydrogen-bond donors (Lipinski definition) is 1. The molecule has 0 radical (unpaired) electrons. The van der Waals surface area contributed by atoms with Gasteiger partial charge in [0.05, 0.1) is 5.02 Å². The summed E-state index contributed by atoms with van der Waals surface area (Å²) in [6.45, 7) is 2.92. The van der Waals surface area contributed by atoms with Crippen LogP contribution in [0.5, 0.6) is 0 Å². The van der Waals surface area contributed by atoms with Crippen molar-refractivity contribution in [1.82, 2.24) is 15.2 Å². The molecule has 2 bridgehead atoms. The first-order chi connectivity index (χ1) is 10.2. The van der Waals surface area contributed by atoms with Crippen LogP contribution in [0.2, 0.25) is 5.02 Å². The van der Waals surface area contributed by atoms with Gasteiger partial charge in [-0.3, -0.25) is 4.79 Å². The predicted molar refractivity (Wildman–Crippen MR) is 83.5 cm³/mol.